The van der Waals surface area contributed by atoms with Crippen LogP contribution in [0.4, 0.5) is 24.7 Å². The zero-order valence-electron chi connectivity index (χ0n) is 18.3. The number of hydrogen-bond donors (Lipinski definition) is 3. The number of pyridine rings is 1. The van der Waals surface area contributed by atoms with Gasteiger partial charge in [-0.3, -0.25) is 4.79 Å². The van der Waals surface area contributed by atoms with Crippen LogP contribution in [-0.4, -0.2) is 28.6 Å². The third-order valence-corrected chi connectivity index (χ3v) is 6.35. The maximum absolute atomic E-state index is 12.7. The number of alkyl halides is 3. The lowest BCUT2D eigenvalue weighted by Crippen LogP contribution is -2.25. The van der Waals surface area contributed by atoms with Crippen molar-refractivity contribution in [1.29, 1.82) is 0 Å². The minimum Gasteiger partial charge on any atom is -0.393 e. The lowest BCUT2D eigenvalue weighted by molar-refractivity contribution is -0.137. The van der Waals surface area contributed by atoms with Gasteiger partial charge in [0.15, 0.2) is 0 Å². The molecule has 1 fully saturated rings. The van der Waals surface area contributed by atoms with Crippen molar-refractivity contribution in [2.24, 2.45) is 17.8 Å². The van der Waals surface area contributed by atoms with Gasteiger partial charge in [0.25, 0.3) is 5.91 Å². The van der Waals surface area contributed by atoms with Gasteiger partial charge in [0, 0.05) is 18.4 Å². The van der Waals surface area contributed by atoms with Crippen molar-refractivity contribution in [3.05, 3.63) is 53.7 Å². The molecule has 1 aromatic heterocycles. The van der Waals surface area contributed by atoms with Gasteiger partial charge in [0.1, 0.15) is 5.82 Å². The van der Waals surface area contributed by atoms with Gasteiger partial charge in [0.05, 0.1) is 17.2 Å². The fourth-order valence-electron chi connectivity index (χ4n) is 4.27. The molecule has 5 nitrogen and oxygen atoms in total. The molecule has 0 saturated heterocycles. The number of rotatable bonds is 8. The lowest BCUT2D eigenvalue weighted by atomic mass is 9.89. The minimum atomic E-state index is -4.43. The van der Waals surface area contributed by atoms with Crippen LogP contribution in [0.25, 0.3) is 0 Å². The summed E-state index contributed by atoms with van der Waals surface area (Å²) in [5.74, 6) is 0.932. The highest BCUT2D eigenvalue weighted by Gasteiger charge is 2.33. The van der Waals surface area contributed by atoms with Gasteiger partial charge in [-0.2, -0.15) is 13.2 Å². The molecule has 8 heteroatoms. The summed E-state index contributed by atoms with van der Waals surface area (Å²) >= 11 is 0. The van der Waals surface area contributed by atoms with E-state index in [0.29, 0.717) is 35.7 Å². The Balaban J connectivity index is 1.62. The van der Waals surface area contributed by atoms with Gasteiger partial charge >= 0.3 is 6.18 Å². The zero-order chi connectivity index (χ0) is 23.3. The number of nitrogens with zero attached hydrogens (tertiary/aromatic N) is 1. The van der Waals surface area contributed by atoms with Gasteiger partial charge in [-0.05, 0) is 73.4 Å². The number of halogens is 3. The Morgan fingerprint density at radius 1 is 1.22 bits per heavy atom. The summed E-state index contributed by atoms with van der Waals surface area (Å²) in [5.41, 5.74) is -0.183. The van der Waals surface area contributed by atoms with E-state index in [-0.39, 0.29) is 11.8 Å². The molecule has 3 N–H and O–H groups in total. The maximum atomic E-state index is 12.7. The van der Waals surface area contributed by atoms with E-state index in [2.05, 4.69) is 29.5 Å². The number of carbonyl (C=O) groups is 1. The normalized spacial score (nSPS) is 21.9. The van der Waals surface area contributed by atoms with Crippen LogP contribution in [-0.2, 0) is 6.18 Å². The standard InChI is InChI=1S/C24H30F3N3O2/c1-3-16(13-17-7-6-15(2)21(17)31)14-29-22-20(5-4-12-28-22)23(32)30-19-10-8-18(9-11-19)24(25,26)27/h4-5,8-12,15-17,21,31H,3,6-7,13-14H2,1-2H3,(H,28,29)(H,30,32). The molecule has 1 heterocycles. The average molecular weight is 450 g/mol. The average Bonchev–Trinajstić information content (AvgIpc) is 3.08. The fourth-order valence-corrected chi connectivity index (χ4v) is 4.27. The van der Waals surface area contributed by atoms with E-state index in [4.69, 9.17) is 0 Å². The summed E-state index contributed by atoms with van der Waals surface area (Å²) in [6.07, 6.45) is 0.822. The van der Waals surface area contributed by atoms with E-state index in [1.165, 1.54) is 12.1 Å². The number of benzene rings is 1. The van der Waals surface area contributed by atoms with Crippen LogP contribution in [0.5, 0.6) is 0 Å². The molecular weight excluding hydrogens is 419 g/mol. The Morgan fingerprint density at radius 2 is 1.94 bits per heavy atom. The quantitative estimate of drug-likeness (QED) is 0.491. The van der Waals surface area contributed by atoms with Crippen molar-refractivity contribution in [3.63, 3.8) is 0 Å². The molecule has 1 aliphatic carbocycles. The van der Waals surface area contributed by atoms with Crippen molar-refractivity contribution in [3.8, 4) is 0 Å². The highest BCUT2D eigenvalue weighted by Crippen LogP contribution is 2.36. The molecule has 0 radical (unpaired) electrons. The van der Waals surface area contributed by atoms with Crippen molar-refractivity contribution >= 4 is 17.4 Å². The molecule has 1 saturated carbocycles. The topological polar surface area (TPSA) is 74.2 Å². The Labute approximate surface area is 186 Å². The van der Waals surface area contributed by atoms with Gasteiger partial charge in [-0.15, -0.1) is 0 Å². The third-order valence-electron chi connectivity index (χ3n) is 6.35. The highest BCUT2D eigenvalue weighted by atomic mass is 19.4. The Morgan fingerprint density at radius 3 is 2.53 bits per heavy atom. The van der Waals surface area contributed by atoms with Crippen LogP contribution in [0.3, 0.4) is 0 Å². The summed E-state index contributed by atoms with van der Waals surface area (Å²) < 4.78 is 38.2. The largest absolute Gasteiger partial charge is 0.416 e. The number of hydrogen-bond acceptors (Lipinski definition) is 4. The number of aliphatic hydroxyl groups excluding tert-OH is 1. The highest BCUT2D eigenvalue weighted by molar-refractivity contribution is 6.07. The second kappa shape index (κ2) is 10.3. The predicted molar refractivity (Wildman–Crippen MR) is 118 cm³/mol. The molecule has 1 aliphatic rings. The van der Waals surface area contributed by atoms with Crippen LogP contribution >= 0.6 is 0 Å². The van der Waals surface area contributed by atoms with Gasteiger partial charge < -0.3 is 15.7 Å². The minimum absolute atomic E-state index is 0.260. The number of carbonyl (C=O) groups excluding carboxylic acids is 1. The van der Waals surface area contributed by atoms with Crippen LogP contribution in [0.15, 0.2) is 42.6 Å². The summed E-state index contributed by atoms with van der Waals surface area (Å²) in [7, 11) is 0. The zero-order valence-corrected chi connectivity index (χ0v) is 18.3. The first-order valence-electron chi connectivity index (χ1n) is 11.0. The van der Waals surface area contributed by atoms with Crippen molar-refractivity contribution in [1.82, 2.24) is 4.98 Å². The van der Waals surface area contributed by atoms with Crippen LogP contribution < -0.4 is 10.6 Å². The van der Waals surface area contributed by atoms with Crippen LogP contribution in [0.1, 0.15) is 55.5 Å². The van der Waals surface area contributed by atoms with Crippen molar-refractivity contribution in [2.75, 3.05) is 17.2 Å². The van der Waals surface area contributed by atoms with E-state index >= 15 is 0 Å². The SMILES string of the molecule is CCC(CNc1ncccc1C(=O)Nc1ccc(C(F)(F)F)cc1)CC1CCC(C)C1O. The van der Waals surface area contributed by atoms with E-state index in [1.54, 1.807) is 18.3 Å². The molecule has 4 atom stereocenters. The molecule has 0 aliphatic heterocycles. The second-order valence-corrected chi connectivity index (χ2v) is 8.62. The molecule has 32 heavy (non-hydrogen) atoms. The number of aliphatic hydroxyl groups is 1. The molecule has 0 bridgehead atoms. The Hall–Kier alpha value is -2.61. The second-order valence-electron chi connectivity index (χ2n) is 8.62. The number of anilines is 2. The number of nitrogens with one attached hydrogen (secondary N) is 2. The van der Waals surface area contributed by atoms with E-state index in [9.17, 15) is 23.1 Å². The Bertz CT molecular complexity index is 902. The first-order chi connectivity index (χ1) is 15.2. The summed E-state index contributed by atoms with van der Waals surface area (Å²) in [6.45, 7) is 4.80. The fraction of sp³-hybridized carbons (Fsp3) is 0.500. The molecule has 3 rings (SSSR count). The van der Waals surface area contributed by atoms with Gasteiger partial charge in [-0.25, -0.2) is 4.98 Å². The molecule has 1 amide bonds. The van der Waals surface area contributed by atoms with E-state index in [0.717, 1.165) is 37.8 Å². The molecule has 0 spiro atoms. The molecule has 2 aromatic rings. The van der Waals surface area contributed by atoms with E-state index in [1.807, 2.05) is 0 Å². The van der Waals surface area contributed by atoms with Crippen molar-refractivity contribution in [2.45, 2.75) is 51.8 Å². The molecule has 174 valence electrons. The smallest absolute Gasteiger partial charge is 0.393 e. The van der Waals surface area contributed by atoms with Gasteiger partial charge in [0.2, 0.25) is 0 Å². The molecule has 1 aromatic carbocycles. The summed E-state index contributed by atoms with van der Waals surface area (Å²) in [4.78, 5) is 17.0. The maximum Gasteiger partial charge on any atom is 0.416 e. The Kier molecular flexibility index (Phi) is 7.77. The van der Waals surface area contributed by atoms with Crippen LogP contribution in [0.2, 0.25) is 0 Å². The number of aromatic nitrogens is 1. The monoisotopic (exact) mass is 449 g/mol. The summed E-state index contributed by atoms with van der Waals surface area (Å²) in [6, 6.07) is 7.58. The van der Waals surface area contributed by atoms with Gasteiger partial charge in [-0.1, -0.05) is 20.3 Å². The van der Waals surface area contributed by atoms with E-state index < -0.39 is 17.6 Å². The van der Waals surface area contributed by atoms with Crippen LogP contribution in [0, 0.1) is 17.8 Å². The number of amides is 1. The lowest BCUT2D eigenvalue weighted by Gasteiger charge is -2.23. The molecular formula is C24H30F3N3O2. The van der Waals surface area contributed by atoms with Crippen molar-refractivity contribution < 1.29 is 23.1 Å². The molecule has 4 unspecified atom stereocenters. The predicted octanol–water partition coefficient (Wildman–Crippen LogP) is 5.59. The first-order valence-corrected chi connectivity index (χ1v) is 11.0. The summed E-state index contributed by atoms with van der Waals surface area (Å²) in [5, 5.41) is 16.2. The third kappa shape index (κ3) is 6.00. The first kappa shape index (κ1) is 24.0.